The third kappa shape index (κ3) is 6.59. The van der Waals surface area contributed by atoms with Gasteiger partial charge in [-0.2, -0.15) is 0 Å². The molecule has 1 aromatic rings. The molecule has 23 heavy (non-hydrogen) atoms. The number of nitrogens with zero attached hydrogens (tertiary/aromatic N) is 2. The summed E-state index contributed by atoms with van der Waals surface area (Å²) in [5, 5.41) is 3.39. The van der Waals surface area contributed by atoms with Gasteiger partial charge in [0.25, 0.3) is 0 Å². The molecule has 0 aromatic heterocycles. The van der Waals surface area contributed by atoms with E-state index in [2.05, 4.69) is 39.5 Å². The zero-order valence-corrected chi connectivity index (χ0v) is 14.5. The molecule has 0 radical (unpaired) electrons. The Labute approximate surface area is 139 Å². The Hall–Kier alpha value is -1.59. The van der Waals surface area contributed by atoms with Gasteiger partial charge >= 0.3 is 0 Å². The Morgan fingerprint density at radius 2 is 1.96 bits per heavy atom. The molecule has 0 aliphatic heterocycles. The molecule has 1 fully saturated rings. The molecule has 0 spiro atoms. The highest BCUT2D eigenvalue weighted by Gasteiger charge is 2.21. The molecule has 0 atom stereocenters. The smallest absolute Gasteiger partial charge is 0.193 e. The molecule has 1 aliphatic rings. The first-order valence-corrected chi connectivity index (χ1v) is 8.29. The molecule has 2 rings (SSSR count). The van der Waals surface area contributed by atoms with E-state index in [-0.39, 0.29) is 0 Å². The molecule has 0 bridgehead atoms. The van der Waals surface area contributed by atoms with Gasteiger partial charge in [-0.3, -0.25) is 4.99 Å². The van der Waals surface area contributed by atoms with Crippen LogP contribution in [0.15, 0.2) is 29.3 Å². The maximum absolute atomic E-state index is 5.69. The van der Waals surface area contributed by atoms with E-state index in [1.54, 1.807) is 7.11 Å². The summed E-state index contributed by atoms with van der Waals surface area (Å²) in [6, 6.07) is 8.43. The van der Waals surface area contributed by atoms with Gasteiger partial charge in [0.05, 0.1) is 13.2 Å². The van der Waals surface area contributed by atoms with Crippen LogP contribution in [0.1, 0.15) is 24.0 Å². The van der Waals surface area contributed by atoms with E-state index in [0.717, 1.165) is 38.2 Å². The maximum Gasteiger partial charge on any atom is 0.193 e. The zero-order valence-electron chi connectivity index (χ0n) is 14.5. The van der Waals surface area contributed by atoms with Crippen LogP contribution in [-0.4, -0.2) is 51.8 Å². The lowest BCUT2D eigenvalue weighted by Gasteiger charge is -2.22. The van der Waals surface area contributed by atoms with Crippen molar-refractivity contribution in [3.05, 3.63) is 35.4 Å². The van der Waals surface area contributed by atoms with Crippen molar-refractivity contribution in [1.82, 2.24) is 10.2 Å². The summed E-state index contributed by atoms with van der Waals surface area (Å²) in [7, 11) is 5.56. The second-order valence-corrected chi connectivity index (χ2v) is 6.09. The van der Waals surface area contributed by atoms with Gasteiger partial charge in [0.15, 0.2) is 5.96 Å². The summed E-state index contributed by atoms with van der Waals surface area (Å²) < 4.78 is 10.8. The topological polar surface area (TPSA) is 46.1 Å². The standard InChI is InChI=1S/C18H29N3O2/c1-19-18(21(2)10-11-23-14-17-8-9-17)20-12-15-4-6-16(7-5-15)13-22-3/h4-7,17H,8-14H2,1-3H3,(H,19,20). The molecule has 5 nitrogen and oxygen atoms in total. The monoisotopic (exact) mass is 319 g/mol. The quantitative estimate of drug-likeness (QED) is 0.431. The van der Waals surface area contributed by atoms with Crippen LogP contribution >= 0.6 is 0 Å². The van der Waals surface area contributed by atoms with Crippen molar-refractivity contribution < 1.29 is 9.47 Å². The van der Waals surface area contributed by atoms with E-state index in [1.165, 1.54) is 24.0 Å². The predicted octanol–water partition coefficient (Wildman–Crippen LogP) is 2.27. The van der Waals surface area contributed by atoms with Gasteiger partial charge in [0.2, 0.25) is 0 Å². The number of hydrogen-bond donors (Lipinski definition) is 1. The van der Waals surface area contributed by atoms with Crippen molar-refractivity contribution in [3.63, 3.8) is 0 Å². The highest BCUT2D eigenvalue weighted by Crippen LogP contribution is 2.28. The fraction of sp³-hybridized carbons (Fsp3) is 0.611. The number of methoxy groups -OCH3 is 1. The van der Waals surface area contributed by atoms with Gasteiger partial charge in [0.1, 0.15) is 0 Å². The van der Waals surface area contributed by atoms with Gasteiger partial charge < -0.3 is 19.7 Å². The number of nitrogens with one attached hydrogen (secondary N) is 1. The number of likely N-dealkylation sites (N-methyl/N-ethyl adjacent to an activating group) is 1. The molecule has 1 N–H and O–H groups in total. The van der Waals surface area contributed by atoms with Crippen LogP contribution in [0.2, 0.25) is 0 Å². The Balaban J connectivity index is 1.70. The molecule has 0 saturated heterocycles. The first-order chi connectivity index (χ1) is 11.2. The average molecular weight is 319 g/mol. The first kappa shape index (κ1) is 17.8. The van der Waals surface area contributed by atoms with Crippen molar-refractivity contribution >= 4 is 5.96 Å². The molecule has 1 saturated carbocycles. The van der Waals surface area contributed by atoms with Crippen molar-refractivity contribution in [2.24, 2.45) is 10.9 Å². The largest absolute Gasteiger partial charge is 0.380 e. The SMILES string of the molecule is CN=C(NCc1ccc(COC)cc1)N(C)CCOCC1CC1. The highest BCUT2D eigenvalue weighted by molar-refractivity contribution is 5.79. The minimum atomic E-state index is 0.652. The average Bonchev–Trinajstić information content (AvgIpc) is 3.38. The molecule has 1 aliphatic carbocycles. The predicted molar refractivity (Wildman–Crippen MR) is 93.5 cm³/mol. The van der Waals surface area contributed by atoms with Crippen LogP contribution in [0.4, 0.5) is 0 Å². The van der Waals surface area contributed by atoms with Gasteiger partial charge in [-0.15, -0.1) is 0 Å². The van der Waals surface area contributed by atoms with Crippen molar-refractivity contribution in [2.75, 3.05) is 41.0 Å². The second kappa shape index (κ2) is 9.53. The minimum Gasteiger partial charge on any atom is -0.380 e. The van der Waals surface area contributed by atoms with Crippen LogP contribution < -0.4 is 5.32 Å². The van der Waals surface area contributed by atoms with Crippen LogP contribution in [0, 0.1) is 5.92 Å². The zero-order chi connectivity index (χ0) is 16.5. The number of aliphatic imine (C=N–C) groups is 1. The highest BCUT2D eigenvalue weighted by atomic mass is 16.5. The lowest BCUT2D eigenvalue weighted by molar-refractivity contribution is 0.115. The van der Waals surface area contributed by atoms with Crippen LogP contribution in [0.25, 0.3) is 0 Å². The summed E-state index contributed by atoms with van der Waals surface area (Å²) >= 11 is 0. The molecule has 0 heterocycles. The molecule has 0 unspecified atom stereocenters. The van der Waals surface area contributed by atoms with Crippen LogP contribution in [0.5, 0.6) is 0 Å². The first-order valence-electron chi connectivity index (χ1n) is 8.29. The minimum absolute atomic E-state index is 0.652. The molecular weight excluding hydrogens is 290 g/mol. The fourth-order valence-electron chi connectivity index (χ4n) is 2.33. The number of benzene rings is 1. The maximum atomic E-state index is 5.69. The Kier molecular flexibility index (Phi) is 7.36. The lowest BCUT2D eigenvalue weighted by atomic mass is 10.1. The van der Waals surface area contributed by atoms with Crippen LogP contribution in [0.3, 0.4) is 0 Å². The Bertz CT molecular complexity index is 484. The van der Waals surface area contributed by atoms with E-state index in [1.807, 2.05) is 14.1 Å². The Morgan fingerprint density at radius 3 is 2.57 bits per heavy atom. The van der Waals surface area contributed by atoms with Crippen molar-refractivity contribution in [1.29, 1.82) is 0 Å². The van der Waals surface area contributed by atoms with E-state index in [9.17, 15) is 0 Å². The number of guanidine groups is 1. The van der Waals surface area contributed by atoms with Crippen molar-refractivity contribution in [2.45, 2.75) is 26.0 Å². The summed E-state index contributed by atoms with van der Waals surface area (Å²) in [5.74, 6) is 1.71. The number of hydrogen-bond acceptors (Lipinski definition) is 3. The normalized spacial score (nSPS) is 14.8. The third-order valence-corrected chi connectivity index (χ3v) is 3.98. The molecular formula is C18H29N3O2. The van der Waals surface area contributed by atoms with E-state index < -0.39 is 0 Å². The van der Waals surface area contributed by atoms with Gasteiger partial charge in [-0.25, -0.2) is 0 Å². The Morgan fingerprint density at radius 1 is 1.26 bits per heavy atom. The third-order valence-electron chi connectivity index (χ3n) is 3.98. The van der Waals surface area contributed by atoms with Crippen molar-refractivity contribution in [3.8, 4) is 0 Å². The lowest BCUT2D eigenvalue weighted by Crippen LogP contribution is -2.40. The molecule has 1 aromatic carbocycles. The van der Waals surface area contributed by atoms with E-state index in [4.69, 9.17) is 9.47 Å². The summed E-state index contributed by atoms with van der Waals surface area (Å²) in [6.07, 6.45) is 2.67. The second-order valence-electron chi connectivity index (χ2n) is 6.09. The van der Waals surface area contributed by atoms with Gasteiger partial charge in [-0.05, 0) is 29.9 Å². The van der Waals surface area contributed by atoms with Gasteiger partial charge in [0, 0.05) is 40.9 Å². The fourth-order valence-corrected chi connectivity index (χ4v) is 2.33. The van der Waals surface area contributed by atoms with E-state index >= 15 is 0 Å². The van der Waals surface area contributed by atoms with Gasteiger partial charge in [-0.1, -0.05) is 24.3 Å². The number of ether oxygens (including phenoxy) is 2. The summed E-state index contributed by atoms with van der Waals surface area (Å²) in [5.41, 5.74) is 2.41. The molecule has 128 valence electrons. The summed E-state index contributed by atoms with van der Waals surface area (Å²) in [4.78, 5) is 6.44. The number of rotatable bonds is 9. The molecule has 5 heteroatoms. The molecule has 0 amide bonds. The van der Waals surface area contributed by atoms with Crippen LogP contribution in [-0.2, 0) is 22.6 Å². The van der Waals surface area contributed by atoms with E-state index in [0.29, 0.717) is 6.61 Å². The summed E-state index contributed by atoms with van der Waals surface area (Å²) in [6.45, 7) is 3.92.